The summed E-state index contributed by atoms with van der Waals surface area (Å²) in [6.07, 6.45) is 4.99. The molecule has 1 aliphatic rings. The topological polar surface area (TPSA) is 57.3 Å². The summed E-state index contributed by atoms with van der Waals surface area (Å²) in [7, 11) is 0. The molecule has 0 aromatic heterocycles. The number of carbonyl (C=O) groups excluding carboxylic acids is 1. The Morgan fingerprint density at radius 3 is 2.33 bits per heavy atom. The fraction of sp³-hybridized carbons (Fsp3) is 0.857. The van der Waals surface area contributed by atoms with E-state index in [1.807, 2.05) is 13.8 Å². The van der Waals surface area contributed by atoms with E-state index in [4.69, 9.17) is 0 Å². The van der Waals surface area contributed by atoms with Gasteiger partial charge in [0.2, 0.25) is 0 Å². The van der Waals surface area contributed by atoms with Crippen LogP contribution in [0, 0.1) is 17.2 Å². The first-order chi connectivity index (χ1) is 8.48. The fourth-order valence-corrected chi connectivity index (χ4v) is 2.27. The minimum Gasteiger partial charge on any atom is -0.333 e. The maximum Gasteiger partial charge on any atom is 0.276 e. The molecule has 1 amide bonds. The number of hydrogen-bond acceptors (Lipinski definition) is 2. The highest BCUT2D eigenvalue weighted by Gasteiger charge is 2.31. The fourth-order valence-electron chi connectivity index (χ4n) is 2.27. The normalized spacial score (nSPS) is 20.8. The standard InChI is InChI=1S/C14H25N3O/c1-12(2)14(3,11-15)16-13(18)10-17-8-6-4-5-7-9-17/h12H,4-10H2,1-3H3,(H,16,18)/p+1/t14-/m1/s1. The first-order valence-corrected chi connectivity index (χ1v) is 7.04. The molecule has 1 heterocycles. The largest absolute Gasteiger partial charge is 0.333 e. The highest BCUT2D eigenvalue weighted by molar-refractivity contribution is 5.78. The molecule has 0 saturated carbocycles. The van der Waals surface area contributed by atoms with Gasteiger partial charge in [-0.1, -0.05) is 13.8 Å². The number of likely N-dealkylation sites (tertiary alicyclic amines) is 1. The van der Waals surface area contributed by atoms with Crippen molar-refractivity contribution < 1.29 is 9.69 Å². The molecule has 0 aliphatic carbocycles. The lowest BCUT2D eigenvalue weighted by molar-refractivity contribution is -0.891. The summed E-state index contributed by atoms with van der Waals surface area (Å²) in [4.78, 5) is 13.4. The summed E-state index contributed by atoms with van der Waals surface area (Å²) in [5, 5.41) is 12.1. The predicted molar refractivity (Wildman–Crippen MR) is 71.0 cm³/mol. The van der Waals surface area contributed by atoms with Gasteiger partial charge < -0.3 is 10.2 Å². The van der Waals surface area contributed by atoms with Gasteiger partial charge in [-0.3, -0.25) is 4.79 Å². The molecule has 0 spiro atoms. The zero-order valence-corrected chi connectivity index (χ0v) is 11.9. The van der Waals surface area contributed by atoms with Gasteiger partial charge in [0.25, 0.3) is 5.91 Å². The number of carbonyl (C=O) groups is 1. The molecule has 0 bridgehead atoms. The van der Waals surface area contributed by atoms with E-state index < -0.39 is 5.54 Å². The van der Waals surface area contributed by atoms with Gasteiger partial charge in [0.1, 0.15) is 5.54 Å². The van der Waals surface area contributed by atoms with E-state index in [9.17, 15) is 10.1 Å². The Bertz CT molecular complexity index is 313. The highest BCUT2D eigenvalue weighted by Crippen LogP contribution is 2.14. The van der Waals surface area contributed by atoms with Gasteiger partial charge in [-0.05, 0) is 38.5 Å². The van der Waals surface area contributed by atoms with Crippen LogP contribution in [0.15, 0.2) is 0 Å². The number of hydrogen-bond donors (Lipinski definition) is 2. The maximum absolute atomic E-state index is 12.0. The van der Waals surface area contributed by atoms with E-state index in [0.717, 1.165) is 13.1 Å². The molecule has 0 radical (unpaired) electrons. The van der Waals surface area contributed by atoms with E-state index in [0.29, 0.717) is 6.54 Å². The third-order valence-corrected chi connectivity index (χ3v) is 4.01. The Hall–Kier alpha value is -1.08. The number of nitrogens with one attached hydrogen (secondary N) is 2. The quantitative estimate of drug-likeness (QED) is 0.765. The molecular weight excluding hydrogens is 226 g/mol. The Kier molecular flexibility index (Phi) is 5.61. The van der Waals surface area contributed by atoms with Gasteiger partial charge in [0.05, 0.1) is 19.2 Å². The van der Waals surface area contributed by atoms with Gasteiger partial charge >= 0.3 is 0 Å². The molecule has 18 heavy (non-hydrogen) atoms. The molecule has 4 heteroatoms. The van der Waals surface area contributed by atoms with E-state index in [-0.39, 0.29) is 11.8 Å². The second kappa shape index (κ2) is 6.75. The van der Waals surface area contributed by atoms with E-state index in [2.05, 4.69) is 11.4 Å². The Labute approximate surface area is 110 Å². The monoisotopic (exact) mass is 252 g/mol. The molecule has 102 valence electrons. The van der Waals surface area contributed by atoms with E-state index in [1.54, 1.807) is 6.92 Å². The first kappa shape index (κ1) is 15.0. The summed E-state index contributed by atoms with van der Waals surface area (Å²) in [5.74, 6) is 0.121. The zero-order chi connectivity index (χ0) is 13.6. The molecule has 1 aliphatic heterocycles. The molecule has 1 rings (SSSR count). The van der Waals surface area contributed by atoms with Crippen LogP contribution in [0.2, 0.25) is 0 Å². The van der Waals surface area contributed by atoms with Crippen LogP contribution < -0.4 is 10.2 Å². The van der Waals surface area contributed by atoms with Gasteiger partial charge in [0, 0.05) is 0 Å². The Morgan fingerprint density at radius 1 is 1.33 bits per heavy atom. The second-order valence-corrected chi connectivity index (χ2v) is 5.86. The van der Waals surface area contributed by atoms with Gasteiger partial charge in [-0.2, -0.15) is 5.26 Å². The summed E-state index contributed by atoms with van der Waals surface area (Å²) in [6, 6.07) is 2.22. The van der Waals surface area contributed by atoms with E-state index in [1.165, 1.54) is 30.6 Å². The minimum absolute atomic E-state index is 0.00431. The average molecular weight is 252 g/mol. The van der Waals surface area contributed by atoms with Crippen LogP contribution in [0.5, 0.6) is 0 Å². The van der Waals surface area contributed by atoms with Gasteiger partial charge in [0.15, 0.2) is 6.54 Å². The molecule has 1 saturated heterocycles. The highest BCUT2D eigenvalue weighted by atomic mass is 16.2. The summed E-state index contributed by atoms with van der Waals surface area (Å²) in [5.41, 5.74) is -0.748. The maximum atomic E-state index is 12.0. The van der Waals surface area contributed by atoms with Crippen molar-refractivity contribution in [1.82, 2.24) is 5.32 Å². The van der Waals surface area contributed by atoms with Crippen LogP contribution in [-0.4, -0.2) is 31.1 Å². The van der Waals surface area contributed by atoms with Crippen molar-refractivity contribution in [2.75, 3.05) is 19.6 Å². The molecule has 1 atom stereocenters. The third kappa shape index (κ3) is 4.30. The lowest BCUT2D eigenvalue weighted by Gasteiger charge is -2.28. The van der Waals surface area contributed by atoms with Gasteiger partial charge in [-0.25, -0.2) is 0 Å². The SMILES string of the molecule is CC(C)[C@@](C)(C#N)NC(=O)C[NH+]1CCCCCC1. The Morgan fingerprint density at radius 2 is 1.89 bits per heavy atom. The van der Waals surface area contributed by atoms with Crippen LogP contribution in [0.3, 0.4) is 0 Å². The lowest BCUT2D eigenvalue weighted by atomic mass is 9.90. The van der Waals surface area contributed by atoms with Crippen LogP contribution in [-0.2, 0) is 4.79 Å². The van der Waals surface area contributed by atoms with Crippen LogP contribution in [0.25, 0.3) is 0 Å². The lowest BCUT2D eigenvalue weighted by Crippen LogP contribution is -3.13. The average Bonchev–Trinajstić information content (AvgIpc) is 2.57. The number of nitriles is 1. The summed E-state index contributed by atoms with van der Waals surface area (Å²) in [6.45, 7) is 8.39. The summed E-state index contributed by atoms with van der Waals surface area (Å²) >= 11 is 0. The van der Waals surface area contributed by atoms with E-state index >= 15 is 0 Å². The molecule has 0 aromatic carbocycles. The van der Waals surface area contributed by atoms with Crippen molar-refractivity contribution in [2.24, 2.45) is 5.92 Å². The molecule has 2 N–H and O–H groups in total. The summed E-state index contributed by atoms with van der Waals surface area (Å²) < 4.78 is 0. The van der Waals surface area contributed by atoms with Gasteiger partial charge in [-0.15, -0.1) is 0 Å². The van der Waals surface area contributed by atoms with Crippen LogP contribution in [0.4, 0.5) is 0 Å². The predicted octanol–water partition coefficient (Wildman–Crippen LogP) is 0.500. The number of rotatable bonds is 4. The van der Waals surface area contributed by atoms with Crippen molar-refractivity contribution in [3.8, 4) is 6.07 Å². The van der Waals surface area contributed by atoms with Crippen LogP contribution >= 0.6 is 0 Å². The van der Waals surface area contributed by atoms with Crippen molar-refractivity contribution in [1.29, 1.82) is 5.26 Å². The molecule has 0 aromatic rings. The van der Waals surface area contributed by atoms with Crippen molar-refractivity contribution >= 4 is 5.91 Å². The molecular formula is C14H26N3O+. The van der Waals surface area contributed by atoms with Crippen molar-refractivity contribution in [3.05, 3.63) is 0 Å². The molecule has 0 unspecified atom stereocenters. The molecule has 1 fully saturated rings. The smallest absolute Gasteiger partial charge is 0.276 e. The number of amides is 1. The molecule has 4 nitrogen and oxygen atoms in total. The number of quaternary nitrogens is 1. The minimum atomic E-state index is -0.748. The first-order valence-electron chi connectivity index (χ1n) is 7.04. The zero-order valence-electron chi connectivity index (χ0n) is 11.9. The van der Waals surface area contributed by atoms with Crippen molar-refractivity contribution in [2.45, 2.75) is 52.0 Å². The van der Waals surface area contributed by atoms with Crippen LogP contribution in [0.1, 0.15) is 46.5 Å². The number of nitrogens with zero attached hydrogens (tertiary/aromatic N) is 1. The Balaban J connectivity index is 2.47. The second-order valence-electron chi connectivity index (χ2n) is 5.86. The van der Waals surface area contributed by atoms with Crippen molar-refractivity contribution in [3.63, 3.8) is 0 Å². The third-order valence-electron chi connectivity index (χ3n) is 4.01.